The van der Waals surface area contributed by atoms with Crippen molar-refractivity contribution in [1.82, 2.24) is 5.32 Å². The summed E-state index contributed by atoms with van der Waals surface area (Å²) in [7, 11) is -3.29. The van der Waals surface area contributed by atoms with Crippen molar-refractivity contribution >= 4 is 15.7 Å². The van der Waals surface area contributed by atoms with E-state index < -0.39 is 21.0 Å². The number of carbonyl (C=O) groups excluding carboxylic acids is 1. The smallest absolute Gasteiger partial charge is 0.238 e. The molecule has 16 heavy (non-hydrogen) atoms. The average Bonchev–Trinajstić information content (AvgIpc) is 2.21. The zero-order chi connectivity index (χ0) is 12.8. The Morgan fingerprint density at radius 2 is 1.94 bits per heavy atom. The van der Waals surface area contributed by atoms with Gasteiger partial charge in [0.25, 0.3) is 0 Å². The summed E-state index contributed by atoms with van der Waals surface area (Å²) < 4.78 is 22.2. The summed E-state index contributed by atoms with van der Waals surface area (Å²) in [5, 5.41) is 1.64. The van der Waals surface area contributed by atoms with E-state index in [2.05, 4.69) is 5.32 Å². The van der Waals surface area contributed by atoms with Crippen molar-refractivity contribution in [2.45, 2.75) is 31.9 Å². The quantitative estimate of drug-likeness (QED) is 0.618. The Labute approximate surface area is 97.7 Å². The number of rotatable bonds is 7. The Morgan fingerprint density at radius 3 is 2.38 bits per heavy atom. The Bertz CT molecular complexity index is 314. The third kappa shape index (κ3) is 6.07. The minimum Gasteiger partial charge on any atom is -0.355 e. The first-order valence-electron chi connectivity index (χ1n) is 5.45. The van der Waals surface area contributed by atoms with Crippen LogP contribution in [0.5, 0.6) is 0 Å². The Kier molecular flexibility index (Phi) is 6.59. The van der Waals surface area contributed by atoms with Crippen molar-refractivity contribution in [2.24, 2.45) is 11.7 Å². The number of amides is 1. The highest BCUT2D eigenvalue weighted by Gasteiger charge is 2.22. The fourth-order valence-electron chi connectivity index (χ4n) is 1.12. The standard InChI is InChI=1S/C10H22N2O3S/c1-8(7-11)5-4-6-12-10(13)9(2)16(3,14)15/h8-9H,4-7,11H2,1-3H3,(H,12,13). The van der Waals surface area contributed by atoms with Crippen LogP contribution in [-0.4, -0.2) is 38.9 Å². The highest BCUT2D eigenvalue weighted by atomic mass is 32.2. The second-order valence-electron chi connectivity index (χ2n) is 4.25. The Balaban J connectivity index is 3.83. The highest BCUT2D eigenvalue weighted by molar-refractivity contribution is 7.92. The number of hydrogen-bond donors (Lipinski definition) is 2. The summed E-state index contributed by atoms with van der Waals surface area (Å²) in [6.07, 6.45) is 2.82. The molecule has 6 heteroatoms. The molecule has 2 atom stereocenters. The molecule has 0 radical (unpaired) electrons. The van der Waals surface area contributed by atoms with Gasteiger partial charge in [0, 0.05) is 12.8 Å². The van der Waals surface area contributed by atoms with Gasteiger partial charge in [0.05, 0.1) is 0 Å². The van der Waals surface area contributed by atoms with Crippen LogP contribution in [0.4, 0.5) is 0 Å². The predicted octanol–water partition coefficient (Wildman–Crippen LogP) is -0.0893. The lowest BCUT2D eigenvalue weighted by Crippen LogP contribution is -2.37. The van der Waals surface area contributed by atoms with E-state index >= 15 is 0 Å². The molecule has 0 aliphatic carbocycles. The topological polar surface area (TPSA) is 89.3 Å². The van der Waals surface area contributed by atoms with Crippen LogP contribution >= 0.6 is 0 Å². The van der Waals surface area contributed by atoms with Gasteiger partial charge < -0.3 is 11.1 Å². The molecule has 5 nitrogen and oxygen atoms in total. The molecule has 96 valence electrons. The summed E-state index contributed by atoms with van der Waals surface area (Å²) in [5.74, 6) is 0.00661. The lowest BCUT2D eigenvalue weighted by Gasteiger charge is -2.11. The molecule has 0 aliphatic heterocycles. The van der Waals surface area contributed by atoms with Crippen molar-refractivity contribution in [2.75, 3.05) is 19.3 Å². The number of hydrogen-bond acceptors (Lipinski definition) is 4. The molecule has 0 spiro atoms. The van der Waals surface area contributed by atoms with E-state index in [4.69, 9.17) is 5.73 Å². The van der Waals surface area contributed by atoms with Crippen molar-refractivity contribution < 1.29 is 13.2 Å². The monoisotopic (exact) mass is 250 g/mol. The van der Waals surface area contributed by atoms with Gasteiger partial charge in [0.2, 0.25) is 5.91 Å². The summed E-state index contributed by atoms with van der Waals surface area (Å²) in [5.41, 5.74) is 5.45. The normalized spacial score (nSPS) is 15.5. The van der Waals surface area contributed by atoms with Crippen LogP contribution in [0.2, 0.25) is 0 Å². The van der Waals surface area contributed by atoms with Crippen LogP contribution in [0.1, 0.15) is 26.7 Å². The van der Waals surface area contributed by atoms with Crippen LogP contribution in [0.15, 0.2) is 0 Å². The van der Waals surface area contributed by atoms with Gasteiger partial charge >= 0.3 is 0 Å². The zero-order valence-electron chi connectivity index (χ0n) is 10.2. The van der Waals surface area contributed by atoms with E-state index in [9.17, 15) is 13.2 Å². The van der Waals surface area contributed by atoms with Gasteiger partial charge in [-0.05, 0) is 32.2 Å². The molecule has 0 rings (SSSR count). The maximum absolute atomic E-state index is 11.4. The molecule has 3 N–H and O–H groups in total. The molecule has 0 aromatic rings. The molecule has 0 saturated heterocycles. The van der Waals surface area contributed by atoms with E-state index in [1.54, 1.807) is 0 Å². The Hall–Kier alpha value is -0.620. The number of sulfone groups is 1. The molecule has 0 aromatic carbocycles. The van der Waals surface area contributed by atoms with Gasteiger partial charge in [-0.2, -0.15) is 0 Å². The summed E-state index contributed by atoms with van der Waals surface area (Å²) in [4.78, 5) is 11.4. The SMILES string of the molecule is CC(CN)CCCNC(=O)C(C)S(C)(=O)=O. The van der Waals surface area contributed by atoms with Crippen LogP contribution in [0.25, 0.3) is 0 Å². The minimum absolute atomic E-state index is 0.428. The summed E-state index contributed by atoms with van der Waals surface area (Å²) >= 11 is 0. The van der Waals surface area contributed by atoms with Crippen LogP contribution < -0.4 is 11.1 Å². The minimum atomic E-state index is -3.29. The van der Waals surface area contributed by atoms with E-state index in [0.717, 1.165) is 19.1 Å². The van der Waals surface area contributed by atoms with E-state index in [1.165, 1.54) is 6.92 Å². The molecular formula is C10H22N2O3S. The third-order valence-corrected chi connectivity index (χ3v) is 4.09. The van der Waals surface area contributed by atoms with Gasteiger partial charge in [-0.3, -0.25) is 4.79 Å². The largest absolute Gasteiger partial charge is 0.355 e. The second kappa shape index (κ2) is 6.85. The highest BCUT2D eigenvalue weighted by Crippen LogP contribution is 2.02. The van der Waals surface area contributed by atoms with Gasteiger partial charge in [-0.1, -0.05) is 6.92 Å². The van der Waals surface area contributed by atoms with Crippen LogP contribution in [-0.2, 0) is 14.6 Å². The molecule has 0 fully saturated rings. The van der Waals surface area contributed by atoms with Crippen molar-refractivity contribution in [3.05, 3.63) is 0 Å². The number of nitrogens with two attached hydrogens (primary N) is 1. The zero-order valence-corrected chi connectivity index (χ0v) is 11.0. The summed E-state index contributed by atoms with van der Waals surface area (Å²) in [6, 6.07) is 0. The number of nitrogens with one attached hydrogen (secondary N) is 1. The first-order valence-corrected chi connectivity index (χ1v) is 7.41. The van der Waals surface area contributed by atoms with Gasteiger partial charge in [-0.15, -0.1) is 0 Å². The van der Waals surface area contributed by atoms with Crippen molar-refractivity contribution in [3.63, 3.8) is 0 Å². The first-order chi connectivity index (χ1) is 7.29. The fraction of sp³-hybridized carbons (Fsp3) is 0.900. The third-order valence-electron chi connectivity index (χ3n) is 2.59. The average molecular weight is 250 g/mol. The molecule has 0 heterocycles. The van der Waals surface area contributed by atoms with Crippen LogP contribution in [0.3, 0.4) is 0 Å². The van der Waals surface area contributed by atoms with Gasteiger partial charge in [-0.25, -0.2) is 8.42 Å². The van der Waals surface area contributed by atoms with Gasteiger partial charge in [0.15, 0.2) is 9.84 Å². The van der Waals surface area contributed by atoms with E-state index in [-0.39, 0.29) is 0 Å². The number of carbonyl (C=O) groups is 1. The molecule has 0 aromatic heterocycles. The van der Waals surface area contributed by atoms with E-state index in [0.29, 0.717) is 19.0 Å². The van der Waals surface area contributed by atoms with E-state index in [1.807, 2.05) is 6.92 Å². The van der Waals surface area contributed by atoms with Gasteiger partial charge in [0.1, 0.15) is 5.25 Å². The predicted molar refractivity (Wildman–Crippen MR) is 64.8 cm³/mol. The summed E-state index contributed by atoms with van der Waals surface area (Å²) in [6.45, 7) is 4.57. The molecule has 1 amide bonds. The maximum Gasteiger partial charge on any atom is 0.238 e. The van der Waals surface area contributed by atoms with Crippen molar-refractivity contribution in [3.8, 4) is 0 Å². The second-order valence-corrected chi connectivity index (χ2v) is 6.61. The molecule has 0 aliphatic rings. The molecule has 2 unspecified atom stereocenters. The van der Waals surface area contributed by atoms with Crippen LogP contribution in [0, 0.1) is 5.92 Å². The lowest BCUT2D eigenvalue weighted by molar-refractivity contribution is -0.120. The Morgan fingerprint density at radius 1 is 1.38 bits per heavy atom. The fourth-order valence-corrected chi connectivity index (χ4v) is 1.59. The molecule has 0 saturated carbocycles. The maximum atomic E-state index is 11.4. The molecule has 0 bridgehead atoms. The molecular weight excluding hydrogens is 228 g/mol. The first kappa shape index (κ1) is 15.4. The van der Waals surface area contributed by atoms with Crippen molar-refractivity contribution in [1.29, 1.82) is 0 Å². The lowest BCUT2D eigenvalue weighted by atomic mass is 10.1.